The van der Waals surface area contributed by atoms with E-state index in [4.69, 9.17) is 5.11 Å². The molecule has 0 bridgehead atoms. The molecule has 0 heterocycles. The Morgan fingerprint density at radius 3 is 2.88 bits per heavy atom. The van der Waals surface area contributed by atoms with Crippen molar-refractivity contribution in [3.63, 3.8) is 0 Å². The summed E-state index contributed by atoms with van der Waals surface area (Å²) in [5, 5.41) is 29.6. The number of aryl methyl sites for hydroxylation is 1. The molecule has 1 aromatic rings. The third kappa shape index (κ3) is 2.66. The van der Waals surface area contributed by atoms with Crippen molar-refractivity contribution in [1.82, 2.24) is 0 Å². The van der Waals surface area contributed by atoms with Crippen molar-refractivity contribution >= 4 is 5.97 Å². The maximum absolute atomic E-state index is 11.1. The fourth-order valence-electron chi connectivity index (χ4n) is 6.43. The van der Waals surface area contributed by atoms with E-state index in [1.807, 2.05) is 6.07 Å². The second-order valence-electron chi connectivity index (χ2n) is 8.71. The Morgan fingerprint density at radius 1 is 1.32 bits per heavy atom. The van der Waals surface area contributed by atoms with Gasteiger partial charge in [0.15, 0.2) is 0 Å². The van der Waals surface area contributed by atoms with E-state index in [-0.39, 0.29) is 17.9 Å². The number of carboxylic acids is 1. The van der Waals surface area contributed by atoms with Crippen LogP contribution in [0.2, 0.25) is 0 Å². The molecule has 25 heavy (non-hydrogen) atoms. The van der Waals surface area contributed by atoms with Crippen LogP contribution in [-0.2, 0) is 11.2 Å². The summed E-state index contributed by atoms with van der Waals surface area (Å²) in [6.07, 6.45) is 5.46. The highest BCUT2D eigenvalue weighted by Gasteiger charge is 2.58. The molecule has 3 aliphatic rings. The molecule has 3 N–H and O–H groups in total. The standard InChI is InChI=1S/C21H28O4/c1-21-9-8-16-15-6-4-14(22)10-12(15)2-5-17(16)20(21)13(11-18(21)23)3-7-19(24)25/h4,6,10,13,16-18,20,22-23H,2-3,5,7-9,11H2,1H3,(H,24,25)/t13-,16+,17+,18?,20-,21+/m0/s1. The minimum atomic E-state index is -0.736. The van der Waals surface area contributed by atoms with E-state index >= 15 is 0 Å². The van der Waals surface area contributed by atoms with Crippen LogP contribution in [0.1, 0.15) is 62.5 Å². The molecule has 0 aliphatic heterocycles. The molecule has 1 unspecified atom stereocenters. The van der Waals surface area contributed by atoms with Crippen LogP contribution in [0.25, 0.3) is 0 Å². The lowest BCUT2D eigenvalue weighted by molar-refractivity contribution is -0.137. The fraction of sp³-hybridized carbons (Fsp3) is 0.667. The van der Waals surface area contributed by atoms with E-state index in [0.717, 1.165) is 32.1 Å². The van der Waals surface area contributed by atoms with Crippen molar-refractivity contribution < 1.29 is 20.1 Å². The van der Waals surface area contributed by atoms with Gasteiger partial charge in [0.1, 0.15) is 5.75 Å². The molecule has 4 heteroatoms. The third-order valence-corrected chi connectivity index (χ3v) is 7.53. The summed E-state index contributed by atoms with van der Waals surface area (Å²) in [5.74, 6) is 1.32. The molecule has 2 fully saturated rings. The lowest BCUT2D eigenvalue weighted by Gasteiger charge is -2.51. The smallest absolute Gasteiger partial charge is 0.303 e. The number of hydrogen-bond acceptors (Lipinski definition) is 3. The van der Waals surface area contributed by atoms with Gasteiger partial charge in [0.05, 0.1) is 6.10 Å². The van der Waals surface area contributed by atoms with E-state index in [1.165, 1.54) is 11.1 Å². The quantitative estimate of drug-likeness (QED) is 0.781. The van der Waals surface area contributed by atoms with Gasteiger partial charge < -0.3 is 15.3 Å². The Balaban J connectivity index is 1.66. The molecule has 0 radical (unpaired) electrons. The zero-order valence-corrected chi connectivity index (χ0v) is 14.8. The first-order chi connectivity index (χ1) is 11.9. The van der Waals surface area contributed by atoms with Gasteiger partial charge in [-0.25, -0.2) is 0 Å². The van der Waals surface area contributed by atoms with Crippen molar-refractivity contribution in [2.45, 2.75) is 63.9 Å². The summed E-state index contributed by atoms with van der Waals surface area (Å²) < 4.78 is 0. The summed E-state index contributed by atoms with van der Waals surface area (Å²) in [6.45, 7) is 2.23. The number of benzene rings is 1. The summed E-state index contributed by atoms with van der Waals surface area (Å²) in [5.41, 5.74) is 2.57. The van der Waals surface area contributed by atoms with Crippen LogP contribution in [0, 0.1) is 23.2 Å². The monoisotopic (exact) mass is 344 g/mol. The maximum atomic E-state index is 11.1. The van der Waals surface area contributed by atoms with Gasteiger partial charge in [-0.2, -0.15) is 0 Å². The number of rotatable bonds is 3. The van der Waals surface area contributed by atoms with E-state index in [9.17, 15) is 15.0 Å². The van der Waals surface area contributed by atoms with Gasteiger partial charge in [-0.3, -0.25) is 4.79 Å². The Labute approximate surface area is 148 Å². The second kappa shape index (κ2) is 6.01. The van der Waals surface area contributed by atoms with Crippen LogP contribution in [0.5, 0.6) is 5.75 Å². The minimum Gasteiger partial charge on any atom is -0.508 e. The second-order valence-corrected chi connectivity index (χ2v) is 8.71. The number of fused-ring (bicyclic) bond motifs is 5. The normalized spacial score (nSPS) is 39.4. The summed E-state index contributed by atoms with van der Waals surface area (Å²) in [6, 6.07) is 5.78. The van der Waals surface area contributed by atoms with Crippen LogP contribution < -0.4 is 0 Å². The highest BCUT2D eigenvalue weighted by molar-refractivity contribution is 5.66. The lowest BCUT2D eigenvalue weighted by atomic mass is 9.54. The number of aliphatic hydroxyl groups is 1. The molecule has 0 amide bonds. The molecule has 4 nitrogen and oxygen atoms in total. The largest absolute Gasteiger partial charge is 0.508 e. The van der Waals surface area contributed by atoms with E-state index in [0.29, 0.717) is 35.8 Å². The predicted molar refractivity (Wildman–Crippen MR) is 94.5 cm³/mol. The molecule has 2 saturated carbocycles. The molecular weight excluding hydrogens is 316 g/mol. The van der Waals surface area contributed by atoms with Crippen LogP contribution in [-0.4, -0.2) is 27.4 Å². The third-order valence-electron chi connectivity index (χ3n) is 7.53. The molecule has 3 aliphatic carbocycles. The zero-order chi connectivity index (χ0) is 17.8. The van der Waals surface area contributed by atoms with Gasteiger partial charge in [0.25, 0.3) is 0 Å². The number of phenolic OH excluding ortho intramolecular Hbond substituents is 1. The Hall–Kier alpha value is -1.55. The Morgan fingerprint density at radius 2 is 2.12 bits per heavy atom. The number of carbonyl (C=O) groups is 1. The van der Waals surface area contributed by atoms with Crippen LogP contribution >= 0.6 is 0 Å². The molecule has 0 saturated heterocycles. The number of aromatic hydroxyl groups is 1. The average Bonchev–Trinajstić information content (AvgIpc) is 2.83. The topological polar surface area (TPSA) is 77.8 Å². The van der Waals surface area contributed by atoms with Gasteiger partial charge in [0, 0.05) is 6.42 Å². The van der Waals surface area contributed by atoms with Gasteiger partial charge >= 0.3 is 5.97 Å². The van der Waals surface area contributed by atoms with E-state index in [2.05, 4.69) is 13.0 Å². The zero-order valence-electron chi connectivity index (χ0n) is 14.8. The van der Waals surface area contributed by atoms with Crippen LogP contribution in [0.4, 0.5) is 0 Å². The van der Waals surface area contributed by atoms with Crippen molar-refractivity contribution in [1.29, 1.82) is 0 Å². The molecule has 0 aromatic heterocycles. The summed E-state index contributed by atoms with van der Waals surface area (Å²) in [7, 11) is 0. The highest BCUT2D eigenvalue weighted by Crippen LogP contribution is 2.63. The lowest BCUT2D eigenvalue weighted by Crippen LogP contribution is -2.45. The van der Waals surface area contributed by atoms with Crippen molar-refractivity contribution in [3.8, 4) is 5.75 Å². The van der Waals surface area contributed by atoms with E-state index in [1.54, 1.807) is 6.07 Å². The van der Waals surface area contributed by atoms with Crippen LogP contribution in [0.3, 0.4) is 0 Å². The van der Waals surface area contributed by atoms with Gasteiger partial charge in [-0.1, -0.05) is 13.0 Å². The SMILES string of the molecule is C[C@]12CC[C@@H]3c4ccc(O)cc4CC[C@H]3[C@@H]1[C@@H](CCC(=O)O)CC2O. The maximum Gasteiger partial charge on any atom is 0.303 e. The Kier molecular flexibility index (Phi) is 4.06. The fourth-order valence-corrected chi connectivity index (χ4v) is 6.43. The number of carboxylic acid groups (broad SMARTS) is 1. The molecule has 1 aromatic carbocycles. The average molecular weight is 344 g/mol. The molecule has 136 valence electrons. The number of aliphatic carboxylic acids is 1. The molecule has 6 atom stereocenters. The number of aliphatic hydroxyl groups excluding tert-OH is 1. The first-order valence-electron chi connectivity index (χ1n) is 9.62. The van der Waals surface area contributed by atoms with Gasteiger partial charge in [0.2, 0.25) is 0 Å². The first-order valence-corrected chi connectivity index (χ1v) is 9.62. The summed E-state index contributed by atoms with van der Waals surface area (Å²) >= 11 is 0. The van der Waals surface area contributed by atoms with E-state index < -0.39 is 5.97 Å². The predicted octanol–water partition coefficient (Wildman–Crippen LogP) is 3.70. The summed E-state index contributed by atoms with van der Waals surface area (Å²) in [4.78, 5) is 11.1. The van der Waals surface area contributed by atoms with Gasteiger partial charge in [-0.05, 0) is 90.9 Å². The Bertz CT molecular complexity index is 684. The molecule has 0 spiro atoms. The van der Waals surface area contributed by atoms with Crippen molar-refractivity contribution in [2.24, 2.45) is 23.2 Å². The minimum absolute atomic E-state index is 0.0707. The van der Waals surface area contributed by atoms with Crippen LogP contribution in [0.15, 0.2) is 18.2 Å². The van der Waals surface area contributed by atoms with Crippen molar-refractivity contribution in [3.05, 3.63) is 29.3 Å². The molecule has 4 rings (SSSR count). The van der Waals surface area contributed by atoms with Crippen molar-refractivity contribution in [2.75, 3.05) is 0 Å². The number of phenols is 1. The number of hydrogen-bond donors (Lipinski definition) is 3. The van der Waals surface area contributed by atoms with Gasteiger partial charge in [-0.15, -0.1) is 0 Å². The first kappa shape index (κ1) is 16.9. The molecular formula is C21H28O4. The highest BCUT2D eigenvalue weighted by atomic mass is 16.4.